The molecular weight excluding hydrogens is 368 g/mol. The molecule has 24 heavy (non-hydrogen) atoms. The minimum Gasteiger partial charge on any atom is -0.134 e. The predicted molar refractivity (Wildman–Crippen MR) is 113 cm³/mol. The molecule has 0 nitrogen and oxygen atoms in total. The van der Waals surface area contributed by atoms with Crippen LogP contribution < -0.4 is 0 Å². The summed E-state index contributed by atoms with van der Waals surface area (Å²) in [5, 5.41) is 2.76. The van der Waals surface area contributed by atoms with Crippen LogP contribution in [-0.4, -0.2) is 0 Å². The Morgan fingerprint density at radius 2 is 1.25 bits per heavy atom. The second kappa shape index (κ2) is 4.90. The standard InChI is InChI=1S/C20H10S4/c1-3-7-13-11(5-1)9-15(21-13)16-10-17-19(23-16)20-18(24-17)12-6-2-4-8-14(12)22-20/h1-10H. The molecule has 0 fully saturated rings. The summed E-state index contributed by atoms with van der Waals surface area (Å²) in [6.07, 6.45) is 0. The van der Waals surface area contributed by atoms with Crippen LogP contribution in [0.2, 0.25) is 0 Å². The molecule has 6 rings (SSSR count). The van der Waals surface area contributed by atoms with Crippen molar-refractivity contribution in [1.82, 2.24) is 0 Å². The van der Waals surface area contributed by atoms with Crippen molar-refractivity contribution in [2.75, 3.05) is 0 Å². The summed E-state index contributed by atoms with van der Waals surface area (Å²) in [6, 6.07) is 22.1. The zero-order valence-corrected chi connectivity index (χ0v) is 15.7. The van der Waals surface area contributed by atoms with Crippen molar-refractivity contribution >= 4 is 84.3 Å². The fourth-order valence-corrected chi connectivity index (χ4v) is 8.49. The zero-order valence-electron chi connectivity index (χ0n) is 12.4. The quantitative estimate of drug-likeness (QED) is 0.270. The van der Waals surface area contributed by atoms with Crippen molar-refractivity contribution in [2.24, 2.45) is 0 Å². The topological polar surface area (TPSA) is 0 Å². The first kappa shape index (κ1) is 13.6. The van der Waals surface area contributed by atoms with Gasteiger partial charge in [-0.1, -0.05) is 36.4 Å². The molecule has 0 saturated carbocycles. The van der Waals surface area contributed by atoms with Gasteiger partial charge >= 0.3 is 0 Å². The van der Waals surface area contributed by atoms with E-state index in [9.17, 15) is 0 Å². The van der Waals surface area contributed by atoms with E-state index in [1.165, 1.54) is 48.7 Å². The third kappa shape index (κ3) is 1.82. The summed E-state index contributed by atoms with van der Waals surface area (Å²) in [5.41, 5.74) is 0. The number of fused-ring (bicyclic) bond motifs is 6. The molecule has 0 bridgehead atoms. The average Bonchev–Trinajstić information content (AvgIpc) is 3.33. The molecule has 4 heteroatoms. The van der Waals surface area contributed by atoms with E-state index in [-0.39, 0.29) is 0 Å². The summed E-state index contributed by atoms with van der Waals surface area (Å²) >= 11 is 7.73. The van der Waals surface area contributed by atoms with Crippen LogP contribution in [0.5, 0.6) is 0 Å². The maximum Gasteiger partial charge on any atom is 0.0642 e. The molecule has 0 aliphatic heterocycles. The van der Waals surface area contributed by atoms with E-state index >= 15 is 0 Å². The minimum absolute atomic E-state index is 1.35. The van der Waals surface area contributed by atoms with Gasteiger partial charge in [0.2, 0.25) is 0 Å². The van der Waals surface area contributed by atoms with Crippen molar-refractivity contribution in [3.63, 3.8) is 0 Å². The van der Waals surface area contributed by atoms with Crippen LogP contribution >= 0.6 is 45.3 Å². The van der Waals surface area contributed by atoms with Gasteiger partial charge in [-0.05, 0) is 29.7 Å². The highest BCUT2D eigenvalue weighted by molar-refractivity contribution is 7.42. The van der Waals surface area contributed by atoms with Gasteiger partial charge in [-0.15, -0.1) is 45.3 Å². The fourth-order valence-electron chi connectivity index (χ4n) is 3.22. The lowest BCUT2D eigenvalue weighted by molar-refractivity contribution is 1.85. The summed E-state index contributed by atoms with van der Waals surface area (Å²) < 4.78 is 8.59. The molecule has 0 aliphatic rings. The SMILES string of the molecule is c1ccc2sc(-c3cc4sc5c6ccccc6sc5c4s3)cc2c1. The lowest BCUT2D eigenvalue weighted by Crippen LogP contribution is -1.59. The summed E-state index contributed by atoms with van der Waals surface area (Å²) in [4.78, 5) is 2.79. The molecule has 0 aliphatic carbocycles. The van der Waals surface area contributed by atoms with Gasteiger partial charge < -0.3 is 0 Å². The van der Waals surface area contributed by atoms with Gasteiger partial charge in [-0.25, -0.2) is 0 Å². The van der Waals surface area contributed by atoms with Gasteiger partial charge in [0.1, 0.15) is 0 Å². The van der Waals surface area contributed by atoms with E-state index < -0.39 is 0 Å². The van der Waals surface area contributed by atoms with E-state index in [1.807, 2.05) is 45.3 Å². The molecule has 114 valence electrons. The smallest absolute Gasteiger partial charge is 0.0642 e. The average molecular weight is 379 g/mol. The molecule has 6 aromatic rings. The number of hydrogen-bond acceptors (Lipinski definition) is 4. The maximum absolute atomic E-state index is 2.39. The highest BCUT2D eigenvalue weighted by Gasteiger charge is 2.16. The molecule has 0 atom stereocenters. The van der Waals surface area contributed by atoms with Crippen LogP contribution in [0.25, 0.3) is 48.7 Å². The van der Waals surface area contributed by atoms with Gasteiger partial charge in [0.25, 0.3) is 0 Å². The van der Waals surface area contributed by atoms with Crippen LogP contribution in [0.3, 0.4) is 0 Å². The zero-order chi connectivity index (χ0) is 15.7. The van der Waals surface area contributed by atoms with Crippen LogP contribution in [0, 0.1) is 0 Å². The Morgan fingerprint density at radius 3 is 2.17 bits per heavy atom. The Kier molecular flexibility index (Phi) is 2.77. The van der Waals surface area contributed by atoms with Crippen molar-refractivity contribution in [3.05, 3.63) is 60.7 Å². The van der Waals surface area contributed by atoms with Gasteiger partial charge in [0, 0.05) is 29.2 Å². The number of rotatable bonds is 1. The summed E-state index contributed by atoms with van der Waals surface area (Å²) in [5.74, 6) is 0. The Balaban J connectivity index is 1.62. The lowest BCUT2D eigenvalue weighted by atomic mass is 10.2. The lowest BCUT2D eigenvalue weighted by Gasteiger charge is -1.87. The van der Waals surface area contributed by atoms with E-state index in [4.69, 9.17) is 0 Å². The minimum atomic E-state index is 1.35. The second-order valence-electron chi connectivity index (χ2n) is 5.81. The Hall–Kier alpha value is -1.72. The largest absolute Gasteiger partial charge is 0.134 e. The van der Waals surface area contributed by atoms with Crippen LogP contribution in [0.15, 0.2) is 60.7 Å². The molecule has 0 amide bonds. The van der Waals surface area contributed by atoms with Gasteiger partial charge in [0.15, 0.2) is 0 Å². The van der Waals surface area contributed by atoms with Gasteiger partial charge in [-0.3, -0.25) is 0 Å². The van der Waals surface area contributed by atoms with E-state index in [0.29, 0.717) is 0 Å². The first-order valence-corrected chi connectivity index (χ1v) is 11.0. The van der Waals surface area contributed by atoms with Crippen LogP contribution in [0.1, 0.15) is 0 Å². The third-order valence-corrected chi connectivity index (χ3v) is 9.54. The third-order valence-electron chi connectivity index (χ3n) is 4.33. The monoisotopic (exact) mass is 378 g/mol. The number of thiophene rings is 4. The Labute approximate surface area is 154 Å². The molecular formula is C20H10S4. The van der Waals surface area contributed by atoms with E-state index in [1.54, 1.807) is 0 Å². The molecule has 4 aromatic heterocycles. The first-order valence-electron chi connectivity index (χ1n) is 7.69. The molecule has 0 radical (unpaired) electrons. The van der Waals surface area contributed by atoms with Crippen molar-refractivity contribution in [3.8, 4) is 9.75 Å². The molecule has 0 N–H and O–H groups in total. The van der Waals surface area contributed by atoms with Crippen molar-refractivity contribution in [1.29, 1.82) is 0 Å². The fraction of sp³-hybridized carbons (Fsp3) is 0. The highest BCUT2D eigenvalue weighted by atomic mass is 32.1. The van der Waals surface area contributed by atoms with Gasteiger partial charge in [0.05, 0.1) is 14.1 Å². The van der Waals surface area contributed by atoms with Crippen LogP contribution in [0.4, 0.5) is 0 Å². The van der Waals surface area contributed by atoms with Crippen LogP contribution in [-0.2, 0) is 0 Å². The highest BCUT2D eigenvalue weighted by Crippen LogP contribution is 2.49. The Bertz CT molecular complexity index is 1320. The summed E-state index contributed by atoms with van der Waals surface area (Å²) in [7, 11) is 0. The van der Waals surface area contributed by atoms with Gasteiger partial charge in [-0.2, -0.15) is 0 Å². The van der Waals surface area contributed by atoms with E-state index in [0.717, 1.165) is 0 Å². The maximum atomic E-state index is 2.39. The molecule has 2 aromatic carbocycles. The van der Waals surface area contributed by atoms with Crippen molar-refractivity contribution < 1.29 is 0 Å². The number of benzene rings is 2. The molecule has 0 unspecified atom stereocenters. The predicted octanol–water partition coefficient (Wildman–Crippen LogP) is 8.21. The normalized spacial score (nSPS) is 12.2. The Morgan fingerprint density at radius 1 is 0.500 bits per heavy atom. The second-order valence-corrected chi connectivity index (χ2v) is 10.1. The van der Waals surface area contributed by atoms with Crippen molar-refractivity contribution in [2.45, 2.75) is 0 Å². The first-order chi connectivity index (χ1) is 11.9. The molecule has 0 saturated heterocycles. The molecule has 0 spiro atoms. The summed E-state index contributed by atoms with van der Waals surface area (Å²) in [6.45, 7) is 0. The van der Waals surface area contributed by atoms with E-state index in [2.05, 4.69) is 60.7 Å². The number of hydrogen-bond donors (Lipinski definition) is 0. The molecule has 4 heterocycles.